The summed E-state index contributed by atoms with van der Waals surface area (Å²) >= 11 is 0. The summed E-state index contributed by atoms with van der Waals surface area (Å²) in [4.78, 5) is 11.7. The van der Waals surface area contributed by atoms with Crippen molar-refractivity contribution in [2.75, 3.05) is 0 Å². The van der Waals surface area contributed by atoms with Crippen molar-refractivity contribution < 1.29 is 9.53 Å². The van der Waals surface area contributed by atoms with Gasteiger partial charge in [0.25, 0.3) is 0 Å². The van der Waals surface area contributed by atoms with E-state index in [1.54, 1.807) is 0 Å². The molecule has 1 aliphatic rings. The Morgan fingerprint density at radius 2 is 2.00 bits per heavy atom. The lowest BCUT2D eigenvalue weighted by molar-refractivity contribution is -0.167. The topological polar surface area (TPSA) is 26.3 Å². The normalized spacial score (nSPS) is 33.1. The number of ether oxygens (including phenoxy) is 1. The molecule has 82 valence electrons. The maximum Gasteiger partial charge on any atom is 0.311 e. The van der Waals surface area contributed by atoms with E-state index in [2.05, 4.69) is 13.8 Å². The summed E-state index contributed by atoms with van der Waals surface area (Å²) in [5.41, 5.74) is -0.585. The second-order valence-corrected chi connectivity index (χ2v) is 5.94. The highest BCUT2D eigenvalue weighted by molar-refractivity contribution is 5.75. The summed E-state index contributed by atoms with van der Waals surface area (Å²) < 4.78 is 5.59. The monoisotopic (exact) mass is 198 g/mol. The minimum atomic E-state index is -0.380. The van der Waals surface area contributed by atoms with Gasteiger partial charge in [0.1, 0.15) is 5.60 Å². The fraction of sp³-hybridized carbons (Fsp3) is 0.917. The van der Waals surface area contributed by atoms with Crippen LogP contribution in [0.2, 0.25) is 0 Å². The van der Waals surface area contributed by atoms with Crippen LogP contribution in [-0.4, -0.2) is 11.6 Å². The predicted octanol–water partition coefficient (Wildman–Crippen LogP) is 3.15. The molecule has 2 unspecified atom stereocenters. The molecule has 1 saturated carbocycles. The van der Waals surface area contributed by atoms with Crippen LogP contribution in [0.5, 0.6) is 0 Å². The molecule has 0 amide bonds. The Morgan fingerprint density at radius 3 is 2.36 bits per heavy atom. The first-order chi connectivity index (χ1) is 6.23. The van der Waals surface area contributed by atoms with E-state index in [0.717, 1.165) is 12.8 Å². The standard InChI is InChI=1S/C12H22O2/c1-9-6-7-12(5,8-9)14-10(13)11(2,3)4/h9H,6-8H2,1-5H3. The second-order valence-electron chi connectivity index (χ2n) is 5.94. The van der Waals surface area contributed by atoms with Gasteiger partial charge in [0.2, 0.25) is 0 Å². The summed E-state index contributed by atoms with van der Waals surface area (Å²) in [7, 11) is 0. The van der Waals surface area contributed by atoms with Crippen LogP contribution in [0.4, 0.5) is 0 Å². The molecular weight excluding hydrogens is 176 g/mol. The number of carbonyl (C=O) groups excluding carboxylic acids is 1. The van der Waals surface area contributed by atoms with Crippen molar-refractivity contribution in [2.24, 2.45) is 11.3 Å². The van der Waals surface area contributed by atoms with E-state index in [4.69, 9.17) is 4.74 Å². The zero-order valence-electron chi connectivity index (χ0n) is 10.0. The van der Waals surface area contributed by atoms with Crippen molar-refractivity contribution in [3.8, 4) is 0 Å². The Labute approximate surface area is 87.0 Å². The van der Waals surface area contributed by atoms with Crippen molar-refractivity contribution in [1.82, 2.24) is 0 Å². The molecule has 0 heterocycles. The maximum atomic E-state index is 11.7. The molecule has 14 heavy (non-hydrogen) atoms. The van der Waals surface area contributed by atoms with Gasteiger partial charge in [-0.25, -0.2) is 0 Å². The number of rotatable bonds is 1. The molecule has 0 aliphatic heterocycles. The molecule has 1 rings (SSSR count). The van der Waals surface area contributed by atoms with Crippen LogP contribution >= 0.6 is 0 Å². The van der Waals surface area contributed by atoms with Gasteiger partial charge >= 0.3 is 5.97 Å². The van der Waals surface area contributed by atoms with Crippen molar-refractivity contribution >= 4 is 5.97 Å². The number of carbonyl (C=O) groups is 1. The van der Waals surface area contributed by atoms with Gasteiger partial charge < -0.3 is 4.74 Å². The van der Waals surface area contributed by atoms with E-state index in [1.165, 1.54) is 6.42 Å². The molecule has 0 aromatic carbocycles. The third-order valence-electron chi connectivity index (χ3n) is 2.90. The molecule has 0 radical (unpaired) electrons. The Balaban J connectivity index is 2.56. The second kappa shape index (κ2) is 3.56. The summed E-state index contributed by atoms with van der Waals surface area (Å²) in [6.07, 6.45) is 3.19. The minimum Gasteiger partial charge on any atom is -0.459 e. The van der Waals surface area contributed by atoms with Gasteiger partial charge in [0.05, 0.1) is 5.41 Å². The zero-order chi connectivity index (χ0) is 11.0. The Morgan fingerprint density at radius 1 is 1.43 bits per heavy atom. The molecule has 1 fully saturated rings. The zero-order valence-corrected chi connectivity index (χ0v) is 10.0. The molecule has 0 bridgehead atoms. The molecule has 0 spiro atoms. The van der Waals surface area contributed by atoms with E-state index in [1.807, 2.05) is 20.8 Å². The summed E-state index contributed by atoms with van der Waals surface area (Å²) in [5.74, 6) is 0.613. The molecule has 1 aliphatic carbocycles. The highest BCUT2D eigenvalue weighted by atomic mass is 16.6. The van der Waals surface area contributed by atoms with E-state index < -0.39 is 0 Å². The molecule has 2 atom stereocenters. The van der Waals surface area contributed by atoms with Crippen LogP contribution in [0.3, 0.4) is 0 Å². The Kier molecular flexibility index (Phi) is 2.93. The largest absolute Gasteiger partial charge is 0.459 e. The van der Waals surface area contributed by atoms with E-state index in [0.29, 0.717) is 5.92 Å². The quantitative estimate of drug-likeness (QED) is 0.605. The highest BCUT2D eigenvalue weighted by Crippen LogP contribution is 2.38. The van der Waals surface area contributed by atoms with Gasteiger partial charge in [0, 0.05) is 0 Å². The van der Waals surface area contributed by atoms with Gasteiger partial charge in [-0.05, 0) is 52.9 Å². The van der Waals surface area contributed by atoms with Crippen molar-refractivity contribution in [1.29, 1.82) is 0 Å². The summed E-state index contributed by atoms with van der Waals surface area (Å²) in [5, 5.41) is 0. The summed E-state index contributed by atoms with van der Waals surface area (Å²) in [6, 6.07) is 0. The van der Waals surface area contributed by atoms with Gasteiger partial charge in [-0.1, -0.05) is 6.92 Å². The highest BCUT2D eigenvalue weighted by Gasteiger charge is 2.38. The predicted molar refractivity (Wildman–Crippen MR) is 57.0 cm³/mol. The third kappa shape index (κ3) is 2.73. The SMILES string of the molecule is CC1CCC(C)(OC(=O)C(C)(C)C)C1. The fourth-order valence-corrected chi connectivity index (χ4v) is 1.96. The molecule has 0 N–H and O–H groups in total. The summed E-state index contributed by atoms with van der Waals surface area (Å²) in [6.45, 7) is 9.97. The van der Waals surface area contributed by atoms with Crippen LogP contribution in [0.1, 0.15) is 53.9 Å². The van der Waals surface area contributed by atoms with Gasteiger partial charge in [-0.3, -0.25) is 4.79 Å². The Bertz CT molecular complexity index is 227. The van der Waals surface area contributed by atoms with E-state index >= 15 is 0 Å². The van der Waals surface area contributed by atoms with E-state index in [9.17, 15) is 4.79 Å². The first-order valence-corrected chi connectivity index (χ1v) is 5.46. The average Bonchev–Trinajstić information content (AvgIpc) is 2.28. The van der Waals surface area contributed by atoms with Crippen LogP contribution in [-0.2, 0) is 9.53 Å². The van der Waals surface area contributed by atoms with E-state index in [-0.39, 0.29) is 17.0 Å². The average molecular weight is 198 g/mol. The minimum absolute atomic E-state index is 0.0749. The molecule has 2 nitrogen and oxygen atoms in total. The molecule has 0 saturated heterocycles. The lowest BCUT2D eigenvalue weighted by atomic mass is 9.96. The van der Waals surface area contributed by atoms with Crippen molar-refractivity contribution in [3.05, 3.63) is 0 Å². The number of hydrogen-bond donors (Lipinski definition) is 0. The van der Waals surface area contributed by atoms with Crippen molar-refractivity contribution in [2.45, 2.75) is 59.5 Å². The van der Waals surface area contributed by atoms with Crippen LogP contribution in [0, 0.1) is 11.3 Å². The lowest BCUT2D eigenvalue weighted by Gasteiger charge is -2.28. The van der Waals surface area contributed by atoms with Gasteiger partial charge in [-0.2, -0.15) is 0 Å². The van der Waals surface area contributed by atoms with Crippen LogP contribution < -0.4 is 0 Å². The van der Waals surface area contributed by atoms with Crippen LogP contribution in [0.25, 0.3) is 0 Å². The molecule has 2 heteroatoms. The fourth-order valence-electron chi connectivity index (χ4n) is 1.96. The Hall–Kier alpha value is -0.530. The van der Waals surface area contributed by atoms with Crippen LogP contribution in [0.15, 0.2) is 0 Å². The molecule has 0 aromatic heterocycles. The number of esters is 1. The number of hydrogen-bond acceptors (Lipinski definition) is 2. The molecule has 0 aromatic rings. The van der Waals surface area contributed by atoms with Gasteiger partial charge in [0.15, 0.2) is 0 Å². The third-order valence-corrected chi connectivity index (χ3v) is 2.90. The maximum absolute atomic E-state index is 11.7. The first-order valence-electron chi connectivity index (χ1n) is 5.46. The van der Waals surface area contributed by atoms with Gasteiger partial charge in [-0.15, -0.1) is 0 Å². The first kappa shape index (κ1) is 11.5. The van der Waals surface area contributed by atoms with Crippen molar-refractivity contribution in [3.63, 3.8) is 0 Å². The lowest BCUT2D eigenvalue weighted by Crippen LogP contribution is -2.34. The smallest absolute Gasteiger partial charge is 0.311 e. The molecular formula is C12H22O2.